The van der Waals surface area contributed by atoms with Gasteiger partial charge in [-0.1, -0.05) is 13.0 Å². The smallest absolute Gasteiger partial charge is 0.191 e. The van der Waals surface area contributed by atoms with E-state index in [0.29, 0.717) is 12.6 Å². The molecule has 1 fully saturated rings. The second-order valence-corrected chi connectivity index (χ2v) is 6.82. The van der Waals surface area contributed by atoms with Crippen LogP contribution in [0.5, 0.6) is 11.5 Å². The van der Waals surface area contributed by atoms with Crippen molar-refractivity contribution in [1.82, 2.24) is 15.5 Å². The van der Waals surface area contributed by atoms with Gasteiger partial charge < -0.3 is 25.0 Å². The predicted octanol–water partition coefficient (Wildman–Crippen LogP) is 2.50. The Hall–Kier alpha value is -1.95. The third-order valence-electron chi connectivity index (χ3n) is 4.63. The first-order chi connectivity index (χ1) is 12.6. The first kappa shape index (κ1) is 20.4. The fourth-order valence-electron chi connectivity index (χ4n) is 3.19. The molecule has 1 aromatic carbocycles. The fraction of sp³-hybridized carbons (Fsp3) is 0.650. The Bertz CT molecular complexity index is 556. The molecule has 2 N–H and O–H groups in total. The van der Waals surface area contributed by atoms with Gasteiger partial charge in [-0.25, -0.2) is 0 Å². The molecule has 146 valence electrons. The predicted molar refractivity (Wildman–Crippen MR) is 107 cm³/mol. The van der Waals surface area contributed by atoms with E-state index in [4.69, 9.17) is 9.47 Å². The maximum Gasteiger partial charge on any atom is 0.191 e. The van der Waals surface area contributed by atoms with E-state index >= 15 is 0 Å². The van der Waals surface area contributed by atoms with Crippen LogP contribution in [-0.2, 0) is 0 Å². The number of guanidine groups is 1. The van der Waals surface area contributed by atoms with Crippen molar-refractivity contribution in [3.8, 4) is 11.5 Å². The molecular weight excluding hydrogens is 328 g/mol. The van der Waals surface area contributed by atoms with Gasteiger partial charge in [0.2, 0.25) is 0 Å². The van der Waals surface area contributed by atoms with Crippen LogP contribution in [0, 0.1) is 0 Å². The molecule has 1 unspecified atom stereocenters. The van der Waals surface area contributed by atoms with Gasteiger partial charge in [0.25, 0.3) is 0 Å². The molecule has 2 rings (SSSR count). The number of benzene rings is 1. The summed E-state index contributed by atoms with van der Waals surface area (Å²) in [7, 11) is 3.47. The quantitative estimate of drug-likeness (QED) is 0.550. The Balaban J connectivity index is 1.72. The summed E-state index contributed by atoms with van der Waals surface area (Å²) in [5.74, 6) is 2.46. The number of hydrogen-bond acceptors (Lipinski definition) is 4. The van der Waals surface area contributed by atoms with Crippen molar-refractivity contribution in [2.45, 2.75) is 45.3 Å². The summed E-state index contributed by atoms with van der Waals surface area (Å²) in [6, 6.07) is 8.17. The van der Waals surface area contributed by atoms with Crippen LogP contribution >= 0.6 is 0 Å². The summed E-state index contributed by atoms with van der Waals surface area (Å²) in [5, 5.41) is 6.91. The van der Waals surface area contributed by atoms with Gasteiger partial charge in [-0.05, 0) is 44.9 Å². The van der Waals surface area contributed by atoms with Crippen molar-refractivity contribution in [3.63, 3.8) is 0 Å². The van der Waals surface area contributed by atoms with E-state index in [2.05, 4.69) is 27.4 Å². The van der Waals surface area contributed by atoms with Crippen LogP contribution in [0.3, 0.4) is 0 Å². The highest BCUT2D eigenvalue weighted by molar-refractivity contribution is 5.80. The Morgan fingerprint density at radius 1 is 1.31 bits per heavy atom. The summed E-state index contributed by atoms with van der Waals surface area (Å²) < 4.78 is 11.2. The number of hydrogen-bond donors (Lipinski definition) is 2. The Kier molecular flexibility index (Phi) is 8.54. The Morgan fingerprint density at radius 3 is 2.69 bits per heavy atom. The van der Waals surface area contributed by atoms with Crippen molar-refractivity contribution in [1.29, 1.82) is 0 Å². The first-order valence-corrected chi connectivity index (χ1v) is 9.64. The molecule has 1 saturated heterocycles. The van der Waals surface area contributed by atoms with Crippen LogP contribution in [-0.4, -0.2) is 63.3 Å². The maximum absolute atomic E-state index is 5.95. The topological polar surface area (TPSA) is 58.1 Å². The SMILES string of the molecule is CCCN1CCC(NC(=NC)NCC(C)Oc2cccc(OC)c2)CC1. The maximum atomic E-state index is 5.95. The molecule has 0 aliphatic carbocycles. The minimum Gasteiger partial charge on any atom is -0.497 e. The van der Waals surface area contributed by atoms with Gasteiger partial charge in [0.15, 0.2) is 5.96 Å². The number of rotatable bonds is 8. The van der Waals surface area contributed by atoms with E-state index < -0.39 is 0 Å². The summed E-state index contributed by atoms with van der Waals surface area (Å²) >= 11 is 0. The van der Waals surface area contributed by atoms with Gasteiger partial charge in [-0.15, -0.1) is 0 Å². The molecule has 0 amide bonds. The largest absolute Gasteiger partial charge is 0.497 e. The molecule has 1 heterocycles. The van der Waals surface area contributed by atoms with E-state index in [-0.39, 0.29) is 6.10 Å². The number of ether oxygens (including phenoxy) is 2. The highest BCUT2D eigenvalue weighted by Gasteiger charge is 2.19. The van der Waals surface area contributed by atoms with Crippen molar-refractivity contribution in [2.75, 3.05) is 40.3 Å². The average Bonchev–Trinajstić information content (AvgIpc) is 2.66. The lowest BCUT2D eigenvalue weighted by Crippen LogP contribution is -2.50. The van der Waals surface area contributed by atoms with Gasteiger partial charge in [0, 0.05) is 32.2 Å². The molecule has 1 atom stereocenters. The average molecular weight is 363 g/mol. The summed E-state index contributed by atoms with van der Waals surface area (Å²) in [6.07, 6.45) is 3.58. The number of aliphatic imine (C=N–C) groups is 1. The van der Waals surface area contributed by atoms with Crippen LogP contribution in [0.15, 0.2) is 29.3 Å². The molecule has 26 heavy (non-hydrogen) atoms. The molecule has 1 aliphatic rings. The van der Waals surface area contributed by atoms with Crippen molar-refractivity contribution in [2.24, 2.45) is 4.99 Å². The highest BCUT2D eigenvalue weighted by atomic mass is 16.5. The number of methoxy groups -OCH3 is 1. The van der Waals surface area contributed by atoms with Crippen LogP contribution in [0.1, 0.15) is 33.1 Å². The molecule has 0 bridgehead atoms. The molecule has 6 nitrogen and oxygen atoms in total. The monoisotopic (exact) mass is 362 g/mol. The third-order valence-corrected chi connectivity index (χ3v) is 4.63. The molecular formula is C20H34N4O2. The van der Waals surface area contributed by atoms with E-state index in [1.807, 2.05) is 38.2 Å². The van der Waals surface area contributed by atoms with Crippen LogP contribution < -0.4 is 20.1 Å². The standard InChI is InChI=1S/C20H34N4O2/c1-5-11-24-12-9-17(10-13-24)23-20(21-3)22-15-16(2)26-19-8-6-7-18(14-19)25-4/h6-8,14,16-17H,5,9-13,15H2,1-4H3,(H2,21,22,23). The summed E-state index contributed by atoms with van der Waals surface area (Å²) in [5.41, 5.74) is 0. The number of likely N-dealkylation sites (tertiary alicyclic amines) is 1. The van der Waals surface area contributed by atoms with E-state index in [0.717, 1.165) is 43.4 Å². The number of nitrogens with zero attached hydrogens (tertiary/aromatic N) is 2. The lowest BCUT2D eigenvalue weighted by atomic mass is 10.1. The van der Waals surface area contributed by atoms with Crippen LogP contribution in [0.25, 0.3) is 0 Å². The first-order valence-electron chi connectivity index (χ1n) is 9.64. The lowest BCUT2D eigenvalue weighted by Gasteiger charge is -2.33. The van der Waals surface area contributed by atoms with Gasteiger partial charge >= 0.3 is 0 Å². The minimum absolute atomic E-state index is 0.0204. The van der Waals surface area contributed by atoms with E-state index in [9.17, 15) is 0 Å². The molecule has 0 aromatic heterocycles. The third kappa shape index (κ3) is 6.75. The molecule has 1 aliphatic heterocycles. The lowest BCUT2D eigenvalue weighted by molar-refractivity contribution is 0.205. The zero-order valence-corrected chi connectivity index (χ0v) is 16.6. The fourth-order valence-corrected chi connectivity index (χ4v) is 3.19. The van der Waals surface area contributed by atoms with Crippen LogP contribution in [0.2, 0.25) is 0 Å². The zero-order chi connectivity index (χ0) is 18.8. The van der Waals surface area contributed by atoms with E-state index in [1.165, 1.54) is 13.0 Å². The van der Waals surface area contributed by atoms with Crippen molar-refractivity contribution in [3.05, 3.63) is 24.3 Å². The van der Waals surface area contributed by atoms with E-state index in [1.54, 1.807) is 7.11 Å². The minimum atomic E-state index is 0.0204. The van der Waals surface area contributed by atoms with Crippen molar-refractivity contribution < 1.29 is 9.47 Å². The molecule has 1 aromatic rings. The molecule has 0 spiro atoms. The number of piperidine rings is 1. The molecule has 0 saturated carbocycles. The Morgan fingerprint density at radius 2 is 2.04 bits per heavy atom. The zero-order valence-electron chi connectivity index (χ0n) is 16.6. The molecule has 0 radical (unpaired) electrons. The normalized spacial score (nSPS) is 17.6. The highest BCUT2D eigenvalue weighted by Crippen LogP contribution is 2.19. The van der Waals surface area contributed by atoms with Crippen molar-refractivity contribution >= 4 is 5.96 Å². The summed E-state index contributed by atoms with van der Waals surface area (Å²) in [6.45, 7) is 8.51. The summed E-state index contributed by atoms with van der Waals surface area (Å²) in [4.78, 5) is 6.89. The molecule has 6 heteroatoms. The van der Waals surface area contributed by atoms with Gasteiger partial charge in [-0.3, -0.25) is 4.99 Å². The van der Waals surface area contributed by atoms with Gasteiger partial charge in [0.1, 0.15) is 17.6 Å². The second kappa shape index (κ2) is 10.9. The van der Waals surface area contributed by atoms with Crippen LogP contribution in [0.4, 0.5) is 0 Å². The van der Waals surface area contributed by atoms with Gasteiger partial charge in [0.05, 0.1) is 13.7 Å². The second-order valence-electron chi connectivity index (χ2n) is 6.82. The number of nitrogens with one attached hydrogen (secondary N) is 2. The van der Waals surface area contributed by atoms with Gasteiger partial charge in [-0.2, -0.15) is 0 Å². The Labute approximate surface area is 158 Å².